The van der Waals surface area contributed by atoms with Gasteiger partial charge in [0, 0.05) is 29.8 Å². The summed E-state index contributed by atoms with van der Waals surface area (Å²) in [5.41, 5.74) is -0.248. The van der Waals surface area contributed by atoms with E-state index in [1.165, 1.54) is 0 Å². The summed E-state index contributed by atoms with van der Waals surface area (Å²) in [6.45, 7) is 5.04. The number of nitrogens with one attached hydrogen (secondary N) is 3. The highest BCUT2D eigenvalue weighted by atomic mass is 19.1. The Labute approximate surface area is 204 Å². The molecule has 2 heterocycles. The van der Waals surface area contributed by atoms with E-state index in [4.69, 9.17) is 4.52 Å². The fraction of sp³-hybridized carbons (Fsp3) is 0.280. The summed E-state index contributed by atoms with van der Waals surface area (Å²) in [5, 5.41) is 12.1. The van der Waals surface area contributed by atoms with Crippen LogP contribution >= 0.6 is 0 Å². The van der Waals surface area contributed by atoms with Crippen LogP contribution in [0.5, 0.6) is 0 Å². The van der Waals surface area contributed by atoms with Crippen molar-refractivity contribution < 1.29 is 22.9 Å². The van der Waals surface area contributed by atoms with Crippen molar-refractivity contribution in [2.45, 2.75) is 38.6 Å². The number of benzene rings is 2. The normalized spacial score (nSPS) is 12.5. The Bertz CT molecular complexity index is 1490. The van der Waals surface area contributed by atoms with E-state index in [0.717, 1.165) is 29.1 Å². The molecule has 4 aromatic rings. The zero-order valence-electron chi connectivity index (χ0n) is 20.1. The van der Waals surface area contributed by atoms with E-state index in [0.29, 0.717) is 5.56 Å². The van der Waals surface area contributed by atoms with E-state index >= 15 is 0 Å². The lowest BCUT2D eigenvalue weighted by Gasteiger charge is -2.22. The molecule has 2 aromatic carbocycles. The van der Waals surface area contributed by atoms with E-state index in [1.807, 2.05) is 0 Å². The van der Waals surface area contributed by atoms with Crippen LogP contribution in [0, 0.1) is 11.6 Å². The molecule has 0 aliphatic carbocycles. The first-order valence-electron chi connectivity index (χ1n) is 11.1. The number of nitrogens with zero attached hydrogens (tertiary/aromatic N) is 2. The Hall–Kier alpha value is -4.28. The van der Waals surface area contributed by atoms with Crippen LogP contribution in [-0.2, 0) is 28.5 Å². The van der Waals surface area contributed by atoms with Crippen LogP contribution in [0.3, 0.4) is 0 Å². The number of aromatic nitrogens is 3. The zero-order valence-corrected chi connectivity index (χ0v) is 20.1. The number of aromatic amines is 1. The van der Waals surface area contributed by atoms with Gasteiger partial charge in [0.05, 0.1) is 18.1 Å². The Kier molecular flexibility index (Phi) is 6.49. The molecule has 2 amide bonds. The topological polar surface area (TPSA) is 122 Å². The van der Waals surface area contributed by atoms with Crippen LogP contribution in [0.4, 0.5) is 14.5 Å². The number of amides is 2. The van der Waals surface area contributed by atoms with Crippen LogP contribution < -0.4 is 16.2 Å². The lowest BCUT2D eigenvalue weighted by molar-refractivity contribution is -0.126. The molecule has 11 heteroatoms. The molecule has 0 spiro atoms. The SMILES string of the molecule is Cn1ncc2cc([C@@H](NC(=O)Cc3cc(=O)[nH]o3)C(=O)Nc3cc(F)c(C(C)(C)C)c(F)c3)ccc21. The average molecular weight is 498 g/mol. The molecule has 188 valence electrons. The summed E-state index contributed by atoms with van der Waals surface area (Å²) < 4.78 is 36.0. The van der Waals surface area contributed by atoms with Crippen molar-refractivity contribution in [3.63, 3.8) is 0 Å². The summed E-state index contributed by atoms with van der Waals surface area (Å²) in [6.07, 6.45) is 1.31. The standard InChI is InChI=1S/C25H25F2N5O4/c1-25(2,3)22-17(26)8-15(9-18(22)27)29-24(35)23(30-20(33)10-16-11-21(34)31-36-16)13-5-6-19-14(7-13)12-28-32(19)4/h5-9,11-12,23H,10H2,1-4H3,(H,29,35)(H,30,33)(H,31,34)/t23-/m1/s1. The van der Waals surface area contributed by atoms with Crippen LogP contribution in [0.15, 0.2) is 51.9 Å². The van der Waals surface area contributed by atoms with Crippen molar-refractivity contribution in [1.29, 1.82) is 0 Å². The van der Waals surface area contributed by atoms with Crippen molar-refractivity contribution in [2.24, 2.45) is 7.05 Å². The van der Waals surface area contributed by atoms with Crippen LogP contribution in [0.2, 0.25) is 0 Å². The van der Waals surface area contributed by atoms with Crippen molar-refractivity contribution in [3.05, 3.63) is 81.5 Å². The molecule has 0 saturated carbocycles. The molecule has 0 unspecified atom stereocenters. The lowest BCUT2D eigenvalue weighted by atomic mass is 9.86. The number of hydrogen-bond acceptors (Lipinski definition) is 5. The smallest absolute Gasteiger partial charge is 0.280 e. The number of fused-ring (bicyclic) bond motifs is 1. The van der Waals surface area contributed by atoms with Gasteiger partial charge in [-0.2, -0.15) is 10.3 Å². The highest BCUT2D eigenvalue weighted by Crippen LogP contribution is 2.30. The Morgan fingerprint density at radius 2 is 1.83 bits per heavy atom. The number of H-pyrrole nitrogens is 1. The molecule has 9 nitrogen and oxygen atoms in total. The molecule has 2 aromatic heterocycles. The molecular formula is C25H25F2N5O4. The maximum atomic E-state index is 14.7. The third-order valence-corrected chi connectivity index (χ3v) is 5.64. The fourth-order valence-corrected chi connectivity index (χ4v) is 4.02. The lowest BCUT2D eigenvalue weighted by Crippen LogP contribution is -2.37. The Morgan fingerprint density at radius 3 is 2.44 bits per heavy atom. The monoisotopic (exact) mass is 497 g/mol. The molecule has 0 aliphatic heterocycles. The molecule has 1 atom stereocenters. The average Bonchev–Trinajstić information content (AvgIpc) is 3.35. The number of anilines is 1. The van der Waals surface area contributed by atoms with Gasteiger partial charge < -0.3 is 15.2 Å². The van der Waals surface area contributed by atoms with E-state index in [1.54, 1.807) is 56.9 Å². The summed E-state index contributed by atoms with van der Waals surface area (Å²) in [7, 11) is 1.77. The molecule has 0 saturated heterocycles. The summed E-state index contributed by atoms with van der Waals surface area (Å²) in [5.74, 6) is -2.83. The van der Waals surface area contributed by atoms with Gasteiger partial charge in [0.1, 0.15) is 23.4 Å². The fourth-order valence-electron chi connectivity index (χ4n) is 4.02. The minimum atomic E-state index is -1.22. The van der Waals surface area contributed by atoms with E-state index < -0.39 is 40.5 Å². The number of carbonyl (C=O) groups is 2. The van der Waals surface area contributed by atoms with Gasteiger partial charge in [0.15, 0.2) is 0 Å². The van der Waals surface area contributed by atoms with Gasteiger partial charge in [-0.25, -0.2) is 8.78 Å². The van der Waals surface area contributed by atoms with E-state index in [-0.39, 0.29) is 23.4 Å². The van der Waals surface area contributed by atoms with Crippen molar-refractivity contribution in [1.82, 2.24) is 20.3 Å². The maximum absolute atomic E-state index is 14.7. The highest BCUT2D eigenvalue weighted by Gasteiger charge is 2.27. The zero-order chi connectivity index (χ0) is 26.2. The molecule has 0 bridgehead atoms. The third kappa shape index (κ3) is 5.19. The van der Waals surface area contributed by atoms with Crippen molar-refractivity contribution in [2.75, 3.05) is 5.32 Å². The molecule has 0 aliphatic rings. The number of rotatable bonds is 6. The summed E-state index contributed by atoms with van der Waals surface area (Å²) in [4.78, 5) is 37.2. The highest BCUT2D eigenvalue weighted by molar-refractivity contribution is 5.98. The van der Waals surface area contributed by atoms with E-state index in [2.05, 4.69) is 20.9 Å². The molecule has 0 fully saturated rings. The van der Waals surface area contributed by atoms with Crippen LogP contribution in [0.25, 0.3) is 10.9 Å². The number of halogens is 2. The van der Waals surface area contributed by atoms with E-state index in [9.17, 15) is 23.2 Å². The van der Waals surface area contributed by atoms with Gasteiger partial charge in [0.2, 0.25) is 5.91 Å². The first-order valence-corrected chi connectivity index (χ1v) is 11.1. The molecule has 36 heavy (non-hydrogen) atoms. The van der Waals surface area contributed by atoms with Gasteiger partial charge in [0.25, 0.3) is 11.5 Å². The third-order valence-electron chi connectivity index (χ3n) is 5.64. The second kappa shape index (κ2) is 9.40. The number of carbonyl (C=O) groups excluding carboxylic acids is 2. The van der Waals surface area contributed by atoms with Crippen LogP contribution in [-0.4, -0.2) is 26.8 Å². The minimum Gasteiger partial charge on any atom is -0.383 e. The van der Waals surface area contributed by atoms with Crippen molar-refractivity contribution >= 4 is 28.4 Å². The first kappa shape index (κ1) is 24.8. The summed E-state index contributed by atoms with van der Waals surface area (Å²) >= 11 is 0. The van der Waals surface area contributed by atoms with Gasteiger partial charge in [-0.1, -0.05) is 26.8 Å². The van der Waals surface area contributed by atoms with Crippen molar-refractivity contribution in [3.8, 4) is 0 Å². The quantitative estimate of drug-likeness (QED) is 0.377. The second-order valence-corrected chi connectivity index (χ2v) is 9.50. The Balaban J connectivity index is 1.64. The molecule has 4 rings (SSSR count). The largest absolute Gasteiger partial charge is 0.383 e. The second-order valence-electron chi connectivity index (χ2n) is 9.50. The number of aryl methyl sites for hydroxylation is 1. The van der Waals surface area contributed by atoms with Gasteiger partial charge in [-0.3, -0.25) is 19.1 Å². The predicted octanol–water partition coefficient (Wildman–Crippen LogP) is 3.47. The van der Waals surface area contributed by atoms with Crippen LogP contribution in [0.1, 0.15) is 43.7 Å². The first-order chi connectivity index (χ1) is 16.9. The minimum absolute atomic E-state index is 0.0845. The molecule has 3 N–H and O–H groups in total. The summed E-state index contributed by atoms with van der Waals surface area (Å²) in [6, 6.07) is 7.06. The van der Waals surface area contributed by atoms with Gasteiger partial charge in [-0.15, -0.1) is 0 Å². The molecular weight excluding hydrogens is 472 g/mol. The number of hydrogen-bond donors (Lipinski definition) is 3. The molecule has 0 radical (unpaired) electrons. The predicted molar refractivity (Wildman–Crippen MR) is 128 cm³/mol. The maximum Gasteiger partial charge on any atom is 0.280 e. The Morgan fingerprint density at radius 1 is 1.14 bits per heavy atom. The van der Waals surface area contributed by atoms with Gasteiger partial charge >= 0.3 is 0 Å². The van der Waals surface area contributed by atoms with Gasteiger partial charge in [-0.05, 0) is 35.2 Å².